The third kappa shape index (κ3) is 5.45. The van der Waals surface area contributed by atoms with Crippen LogP contribution in [0, 0.1) is 19.7 Å². The lowest BCUT2D eigenvalue weighted by Crippen LogP contribution is -2.28. The number of esters is 1. The van der Waals surface area contributed by atoms with Crippen LogP contribution in [0.5, 0.6) is 0 Å². The summed E-state index contributed by atoms with van der Waals surface area (Å²) in [6, 6.07) is 13.6. The van der Waals surface area contributed by atoms with Gasteiger partial charge in [-0.05, 0) is 37.1 Å². The highest BCUT2D eigenvalue weighted by Crippen LogP contribution is 2.22. The van der Waals surface area contributed by atoms with Crippen LogP contribution in [0.4, 0.5) is 4.39 Å². The molecule has 1 N–H and O–H groups in total. The van der Waals surface area contributed by atoms with E-state index < -0.39 is 18.5 Å². The van der Waals surface area contributed by atoms with E-state index in [-0.39, 0.29) is 23.1 Å². The van der Waals surface area contributed by atoms with E-state index in [0.29, 0.717) is 12.2 Å². The first-order valence-corrected chi connectivity index (χ1v) is 9.68. The van der Waals surface area contributed by atoms with Gasteiger partial charge in [-0.2, -0.15) is 5.10 Å². The lowest BCUT2D eigenvalue weighted by molar-refractivity contribution is -0.124. The first kappa shape index (κ1) is 21.5. The second-order valence-electron chi connectivity index (χ2n) is 6.87. The minimum atomic E-state index is -0.718. The molecule has 0 aliphatic rings. The van der Waals surface area contributed by atoms with Crippen molar-refractivity contribution in [2.24, 2.45) is 0 Å². The van der Waals surface area contributed by atoms with Crippen LogP contribution in [0.2, 0.25) is 5.15 Å². The Morgan fingerprint density at radius 1 is 1.07 bits per heavy atom. The Labute approximate surface area is 178 Å². The van der Waals surface area contributed by atoms with Gasteiger partial charge >= 0.3 is 5.97 Å². The van der Waals surface area contributed by atoms with Crippen molar-refractivity contribution in [2.45, 2.75) is 26.9 Å². The van der Waals surface area contributed by atoms with Gasteiger partial charge in [0.05, 0.1) is 12.2 Å². The monoisotopic (exact) mass is 429 g/mol. The van der Waals surface area contributed by atoms with Crippen molar-refractivity contribution in [1.82, 2.24) is 15.1 Å². The largest absolute Gasteiger partial charge is 0.452 e. The molecule has 1 heterocycles. The number of hydrogen-bond donors (Lipinski definition) is 1. The molecule has 3 aromatic rings. The molecule has 0 aliphatic carbocycles. The van der Waals surface area contributed by atoms with Gasteiger partial charge in [-0.3, -0.25) is 4.79 Å². The molecule has 8 heteroatoms. The fourth-order valence-corrected chi connectivity index (χ4v) is 3.13. The Hall–Kier alpha value is -3.19. The van der Waals surface area contributed by atoms with Crippen molar-refractivity contribution in [3.63, 3.8) is 0 Å². The third-order valence-electron chi connectivity index (χ3n) is 4.46. The standard InChI is InChI=1S/C22H21ClFN3O3/c1-14-3-5-17(6-4-14)12-27-21(23)20(15(2)26-27)22(29)30-13-19(28)25-11-16-7-9-18(24)10-8-16/h3-10H,11-13H2,1-2H3,(H,25,28). The first-order chi connectivity index (χ1) is 14.3. The lowest BCUT2D eigenvalue weighted by Gasteiger charge is -2.07. The fraction of sp³-hybridized carbons (Fsp3) is 0.227. The predicted molar refractivity (Wildman–Crippen MR) is 111 cm³/mol. The molecule has 30 heavy (non-hydrogen) atoms. The van der Waals surface area contributed by atoms with E-state index in [1.807, 2.05) is 31.2 Å². The van der Waals surface area contributed by atoms with Crippen molar-refractivity contribution in [3.8, 4) is 0 Å². The number of hydrogen-bond acceptors (Lipinski definition) is 4. The molecule has 0 radical (unpaired) electrons. The number of rotatable bonds is 7. The molecule has 1 amide bonds. The van der Waals surface area contributed by atoms with Gasteiger partial charge in [-0.15, -0.1) is 0 Å². The zero-order valence-electron chi connectivity index (χ0n) is 16.6. The zero-order chi connectivity index (χ0) is 21.7. The molecule has 1 aromatic heterocycles. The summed E-state index contributed by atoms with van der Waals surface area (Å²) in [5.74, 6) is -1.55. The SMILES string of the molecule is Cc1ccc(Cn2nc(C)c(C(=O)OCC(=O)NCc3ccc(F)cc3)c2Cl)cc1. The summed E-state index contributed by atoms with van der Waals surface area (Å²) in [5.41, 5.74) is 3.42. The maximum atomic E-state index is 12.9. The highest BCUT2D eigenvalue weighted by Gasteiger charge is 2.22. The van der Waals surface area contributed by atoms with Gasteiger partial charge in [0.1, 0.15) is 16.5 Å². The number of carbonyl (C=O) groups is 2. The van der Waals surface area contributed by atoms with Crippen molar-refractivity contribution >= 4 is 23.5 Å². The Morgan fingerprint density at radius 3 is 2.37 bits per heavy atom. The molecule has 156 valence electrons. The van der Waals surface area contributed by atoms with Crippen molar-refractivity contribution in [2.75, 3.05) is 6.61 Å². The summed E-state index contributed by atoms with van der Waals surface area (Å²) in [6.45, 7) is 3.80. The number of carbonyl (C=O) groups excluding carboxylic acids is 2. The second-order valence-corrected chi connectivity index (χ2v) is 7.23. The van der Waals surface area contributed by atoms with Crippen molar-refractivity contribution in [1.29, 1.82) is 0 Å². The van der Waals surface area contributed by atoms with Crippen LogP contribution >= 0.6 is 11.6 Å². The van der Waals surface area contributed by atoms with E-state index in [9.17, 15) is 14.0 Å². The van der Waals surface area contributed by atoms with Gasteiger partial charge in [-0.25, -0.2) is 13.9 Å². The summed E-state index contributed by atoms with van der Waals surface area (Å²) in [7, 11) is 0. The highest BCUT2D eigenvalue weighted by molar-refractivity contribution is 6.32. The molecule has 0 aliphatic heterocycles. The molecule has 0 unspecified atom stereocenters. The van der Waals surface area contributed by atoms with Crippen LogP contribution in [-0.2, 0) is 22.6 Å². The van der Waals surface area contributed by atoms with E-state index in [1.165, 1.54) is 16.8 Å². The average molecular weight is 430 g/mol. The Bertz CT molecular complexity index is 1050. The van der Waals surface area contributed by atoms with E-state index >= 15 is 0 Å². The lowest BCUT2D eigenvalue weighted by atomic mass is 10.1. The number of aryl methyl sites for hydroxylation is 2. The predicted octanol–water partition coefficient (Wildman–Crippen LogP) is 3.81. The second kappa shape index (κ2) is 9.54. The van der Waals surface area contributed by atoms with Gasteiger partial charge < -0.3 is 10.1 Å². The summed E-state index contributed by atoms with van der Waals surface area (Å²) in [4.78, 5) is 24.4. The molecule has 0 spiro atoms. The zero-order valence-corrected chi connectivity index (χ0v) is 17.4. The Morgan fingerprint density at radius 2 is 1.70 bits per heavy atom. The van der Waals surface area contributed by atoms with Crippen LogP contribution in [0.25, 0.3) is 0 Å². The number of halogens is 2. The Kier molecular flexibility index (Phi) is 6.84. The van der Waals surface area contributed by atoms with Gasteiger partial charge in [0.15, 0.2) is 6.61 Å². The molecule has 0 saturated heterocycles. The average Bonchev–Trinajstić information content (AvgIpc) is 3.00. The minimum Gasteiger partial charge on any atom is -0.452 e. The van der Waals surface area contributed by atoms with Gasteiger partial charge in [0.2, 0.25) is 0 Å². The first-order valence-electron chi connectivity index (χ1n) is 9.30. The number of nitrogens with zero attached hydrogens (tertiary/aromatic N) is 2. The Balaban J connectivity index is 1.57. The van der Waals surface area contributed by atoms with Crippen LogP contribution in [-0.4, -0.2) is 28.3 Å². The number of benzene rings is 2. The normalized spacial score (nSPS) is 10.7. The van der Waals surface area contributed by atoms with Crippen LogP contribution in [0.3, 0.4) is 0 Å². The summed E-state index contributed by atoms with van der Waals surface area (Å²) < 4.78 is 19.5. The third-order valence-corrected chi connectivity index (χ3v) is 4.84. The molecule has 3 rings (SSSR count). The fourth-order valence-electron chi connectivity index (χ4n) is 2.81. The maximum Gasteiger partial charge on any atom is 0.343 e. The maximum absolute atomic E-state index is 12.9. The van der Waals surface area contributed by atoms with Crippen LogP contribution in [0.15, 0.2) is 48.5 Å². The number of ether oxygens (including phenoxy) is 1. The molecule has 0 saturated carbocycles. The van der Waals surface area contributed by atoms with Crippen molar-refractivity contribution < 1.29 is 18.7 Å². The van der Waals surface area contributed by atoms with E-state index in [1.54, 1.807) is 19.1 Å². The molecular weight excluding hydrogens is 409 g/mol. The molecule has 2 aromatic carbocycles. The molecule has 0 fully saturated rings. The number of amides is 1. The van der Waals surface area contributed by atoms with E-state index in [4.69, 9.17) is 16.3 Å². The van der Waals surface area contributed by atoms with Gasteiger partial charge in [-0.1, -0.05) is 53.6 Å². The topological polar surface area (TPSA) is 73.2 Å². The summed E-state index contributed by atoms with van der Waals surface area (Å²) >= 11 is 6.34. The molecule has 6 nitrogen and oxygen atoms in total. The number of nitrogens with one attached hydrogen (secondary N) is 1. The van der Waals surface area contributed by atoms with Gasteiger partial charge in [0.25, 0.3) is 5.91 Å². The highest BCUT2D eigenvalue weighted by atomic mass is 35.5. The van der Waals surface area contributed by atoms with Crippen LogP contribution < -0.4 is 5.32 Å². The minimum absolute atomic E-state index is 0.134. The molecule has 0 bridgehead atoms. The quantitative estimate of drug-likeness (QED) is 0.579. The van der Waals surface area contributed by atoms with Gasteiger partial charge in [0, 0.05) is 6.54 Å². The smallest absolute Gasteiger partial charge is 0.343 e. The summed E-state index contributed by atoms with van der Waals surface area (Å²) in [5, 5.41) is 7.07. The number of aromatic nitrogens is 2. The van der Waals surface area contributed by atoms with E-state index in [0.717, 1.165) is 16.7 Å². The van der Waals surface area contributed by atoms with E-state index in [2.05, 4.69) is 10.4 Å². The van der Waals surface area contributed by atoms with Crippen molar-refractivity contribution in [3.05, 3.63) is 87.4 Å². The molecule has 0 atom stereocenters. The summed E-state index contributed by atoms with van der Waals surface area (Å²) in [6.07, 6.45) is 0. The molecular formula is C22H21ClFN3O3. The van der Waals surface area contributed by atoms with Crippen LogP contribution in [0.1, 0.15) is 32.7 Å².